The molecule has 3 rings (SSSR count). The lowest BCUT2D eigenvalue weighted by atomic mass is 10.1. The zero-order valence-corrected chi connectivity index (χ0v) is 13.1. The Bertz CT molecular complexity index is 673. The molecule has 1 fully saturated rings. The molecule has 2 heterocycles. The van der Waals surface area contributed by atoms with Gasteiger partial charge in [-0.2, -0.15) is 0 Å². The summed E-state index contributed by atoms with van der Waals surface area (Å²) in [6, 6.07) is 2.68. The van der Waals surface area contributed by atoms with Crippen molar-refractivity contribution in [2.24, 2.45) is 0 Å². The van der Waals surface area contributed by atoms with Gasteiger partial charge in [0, 0.05) is 12.6 Å². The number of ether oxygens (including phenoxy) is 2. The van der Waals surface area contributed by atoms with Gasteiger partial charge in [-0.15, -0.1) is 0 Å². The molecule has 0 aromatic heterocycles. The van der Waals surface area contributed by atoms with Crippen molar-refractivity contribution in [3.63, 3.8) is 0 Å². The summed E-state index contributed by atoms with van der Waals surface area (Å²) in [5.74, 6) is -0.236. The molecule has 1 amide bonds. The van der Waals surface area contributed by atoms with Gasteiger partial charge in [-0.05, 0) is 36.6 Å². The minimum Gasteiger partial charge on any atom is -0.486 e. The fourth-order valence-corrected chi connectivity index (χ4v) is 3.05. The standard InChI is InChI=1S/C16H16ClNO5/c17-11-8-10(9-13-15(11)23-7-6-22-13)3-4-14(19)18-5-1-2-12(18)16(20)21/h3-4,8-9,12H,1-2,5-7H2,(H,20,21)/t12-/m1/s1. The zero-order chi connectivity index (χ0) is 16.4. The van der Waals surface area contributed by atoms with Gasteiger partial charge in [-0.3, -0.25) is 4.79 Å². The number of likely N-dealkylation sites (tertiary alicyclic amines) is 1. The number of benzene rings is 1. The highest BCUT2D eigenvalue weighted by Crippen LogP contribution is 2.38. The highest BCUT2D eigenvalue weighted by Gasteiger charge is 2.32. The van der Waals surface area contributed by atoms with Crippen molar-refractivity contribution in [2.75, 3.05) is 19.8 Å². The maximum atomic E-state index is 12.2. The minimum absolute atomic E-state index is 0.319. The van der Waals surface area contributed by atoms with E-state index in [0.717, 1.165) is 0 Å². The number of carbonyl (C=O) groups is 2. The third-order valence-corrected chi connectivity index (χ3v) is 4.14. The van der Waals surface area contributed by atoms with Gasteiger partial charge in [-0.25, -0.2) is 4.79 Å². The lowest BCUT2D eigenvalue weighted by Crippen LogP contribution is -2.39. The average Bonchev–Trinajstić information content (AvgIpc) is 3.02. The molecule has 2 aliphatic heterocycles. The predicted octanol–water partition coefficient (Wildman–Crippen LogP) is 2.20. The number of aliphatic carboxylic acids is 1. The van der Waals surface area contributed by atoms with Crippen LogP contribution in [-0.4, -0.2) is 47.7 Å². The first-order valence-corrected chi connectivity index (χ1v) is 7.74. The smallest absolute Gasteiger partial charge is 0.326 e. The number of carboxylic acid groups (broad SMARTS) is 1. The average molecular weight is 338 g/mol. The molecule has 6 nitrogen and oxygen atoms in total. The third-order valence-electron chi connectivity index (χ3n) is 3.86. The Labute approximate surface area is 138 Å². The lowest BCUT2D eigenvalue weighted by molar-refractivity contribution is -0.146. The molecule has 0 unspecified atom stereocenters. The molecule has 1 aromatic rings. The van der Waals surface area contributed by atoms with Crippen molar-refractivity contribution in [2.45, 2.75) is 18.9 Å². The first kappa shape index (κ1) is 15.7. The van der Waals surface area contributed by atoms with E-state index in [9.17, 15) is 9.59 Å². The number of hydrogen-bond acceptors (Lipinski definition) is 4. The van der Waals surface area contributed by atoms with Crippen LogP contribution in [0, 0.1) is 0 Å². The van der Waals surface area contributed by atoms with Crippen LogP contribution >= 0.6 is 11.6 Å². The fourth-order valence-electron chi connectivity index (χ4n) is 2.78. The van der Waals surface area contributed by atoms with E-state index in [1.807, 2.05) is 0 Å². The van der Waals surface area contributed by atoms with Crippen LogP contribution in [0.5, 0.6) is 11.5 Å². The summed E-state index contributed by atoms with van der Waals surface area (Å²) in [5, 5.41) is 9.54. The van der Waals surface area contributed by atoms with E-state index in [0.29, 0.717) is 54.7 Å². The molecule has 122 valence electrons. The molecule has 0 bridgehead atoms. The predicted molar refractivity (Wildman–Crippen MR) is 83.8 cm³/mol. The maximum absolute atomic E-state index is 12.2. The Hall–Kier alpha value is -2.21. The van der Waals surface area contributed by atoms with Crippen molar-refractivity contribution >= 4 is 29.6 Å². The highest BCUT2D eigenvalue weighted by atomic mass is 35.5. The molecule has 1 N–H and O–H groups in total. The number of rotatable bonds is 3. The number of hydrogen-bond donors (Lipinski definition) is 1. The molecule has 0 saturated carbocycles. The van der Waals surface area contributed by atoms with E-state index < -0.39 is 12.0 Å². The van der Waals surface area contributed by atoms with Crippen LogP contribution < -0.4 is 9.47 Å². The summed E-state index contributed by atoms with van der Waals surface area (Å²) in [6.45, 7) is 1.36. The Kier molecular flexibility index (Phi) is 4.43. The van der Waals surface area contributed by atoms with Crippen molar-refractivity contribution in [3.8, 4) is 11.5 Å². The second kappa shape index (κ2) is 6.50. The van der Waals surface area contributed by atoms with E-state index >= 15 is 0 Å². The Morgan fingerprint density at radius 3 is 2.87 bits per heavy atom. The Morgan fingerprint density at radius 1 is 1.30 bits per heavy atom. The lowest BCUT2D eigenvalue weighted by Gasteiger charge is -2.20. The summed E-state index contributed by atoms with van der Waals surface area (Å²) < 4.78 is 10.9. The van der Waals surface area contributed by atoms with E-state index in [4.69, 9.17) is 26.2 Å². The van der Waals surface area contributed by atoms with Crippen molar-refractivity contribution < 1.29 is 24.2 Å². The van der Waals surface area contributed by atoms with Crippen molar-refractivity contribution in [3.05, 3.63) is 28.8 Å². The number of halogens is 1. The summed E-state index contributed by atoms with van der Waals surface area (Å²) in [5.41, 5.74) is 0.693. The normalized spacial score (nSPS) is 20.0. The van der Waals surface area contributed by atoms with Crippen LogP contribution in [0.15, 0.2) is 18.2 Å². The van der Waals surface area contributed by atoms with Gasteiger partial charge < -0.3 is 19.5 Å². The SMILES string of the molecule is O=C(O)[C@H]1CCCN1C(=O)C=Cc1cc(Cl)c2c(c1)OCCO2. The summed E-state index contributed by atoms with van der Waals surface area (Å²) in [4.78, 5) is 24.7. The van der Waals surface area contributed by atoms with Crippen LogP contribution in [-0.2, 0) is 9.59 Å². The quantitative estimate of drug-likeness (QED) is 0.856. The number of carboxylic acids is 1. The summed E-state index contributed by atoms with van der Waals surface area (Å²) >= 11 is 6.14. The molecule has 2 aliphatic rings. The van der Waals surface area contributed by atoms with Gasteiger partial charge in [0.25, 0.3) is 0 Å². The van der Waals surface area contributed by atoms with Crippen LogP contribution in [0.4, 0.5) is 0 Å². The molecule has 1 saturated heterocycles. The van der Waals surface area contributed by atoms with Gasteiger partial charge in [0.15, 0.2) is 11.5 Å². The van der Waals surface area contributed by atoms with Crippen LogP contribution in [0.25, 0.3) is 6.08 Å². The molecule has 0 aliphatic carbocycles. The molecule has 7 heteroatoms. The number of carbonyl (C=O) groups excluding carboxylic acids is 1. The topological polar surface area (TPSA) is 76.1 Å². The van der Waals surface area contributed by atoms with Crippen LogP contribution in [0.3, 0.4) is 0 Å². The first-order chi connectivity index (χ1) is 11.1. The molecule has 23 heavy (non-hydrogen) atoms. The molecule has 1 atom stereocenters. The molecular formula is C16H16ClNO5. The second-order valence-electron chi connectivity index (χ2n) is 5.39. The van der Waals surface area contributed by atoms with Gasteiger partial charge in [0.2, 0.25) is 5.91 Å². The Balaban J connectivity index is 1.76. The molecule has 0 spiro atoms. The van der Waals surface area contributed by atoms with E-state index in [2.05, 4.69) is 0 Å². The van der Waals surface area contributed by atoms with E-state index in [-0.39, 0.29) is 5.91 Å². The number of fused-ring (bicyclic) bond motifs is 1. The van der Waals surface area contributed by atoms with Gasteiger partial charge >= 0.3 is 5.97 Å². The van der Waals surface area contributed by atoms with E-state index in [1.165, 1.54) is 11.0 Å². The van der Waals surface area contributed by atoms with Gasteiger partial charge in [-0.1, -0.05) is 11.6 Å². The zero-order valence-electron chi connectivity index (χ0n) is 12.3. The van der Waals surface area contributed by atoms with Crippen LogP contribution in [0.2, 0.25) is 5.02 Å². The molecular weight excluding hydrogens is 322 g/mol. The monoisotopic (exact) mass is 337 g/mol. The summed E-state index contributed by atoms with van der Waals surface area (Å²) in [6.07, 6.45) is 4.16. The van der Waals surface area contributed by atoms with Crippen LogP contribution in [0.1, 0.15) is 18.4 Å². The largest absolute Gasteiger partial charge is 0.486 e. The van der Waals surface area contributed by atoms with Gasteiger partial charge in [0.1, 0.15) is 19.3 Å². The number of amides is 1. The third kappa shape index (κ3) is 3.27. The van der Waals surface area contributed by atoms with E-state index in [1.54, 1.807) is 18.2 Å². The van der Waals surface area contributed by atoms with Gasteiger partial charge in [0.05, 0.1) is 5.02 Å². The maximum Gasteiger partial charge on any atom is 0.326 e. The minimum atomic E-state index is -0.966. The van der Waals surface area contributed by atoms with Crippen molar-refractivity contribution in [1.29, 1.82) is 0 Å². The highest BCUT2D eigenvalue weighted by molar-refractivity contribution is 6.32. The summed E-state index contributed by atoms with van der Waals surface area (Å²) in [7, 11) is 0. The van der Waals surface area contributed by atoms with Crippen molar-refractivity contribution in [1.82, 2.24) is 4.90 Å². The Morgan fingerprint density at radius 2 is 2.09 bits per heavy atom. The molecule has 0 radical (unpaired) electrons. The fraction of sp³-hybridized carbons (Fsp3) is 0.375. The molecule has 1 aromatic carbocycles. The number of nitrogens with zero attached hydrogens (tertiary/aromatic N) is 1. The second-order valence-corrected chi connectivity index (χ2v) is 5.80. The first-order valence-electron chi connectivity index (χ1n) is 7.37.